The highest BCUT2D eigenvalue weighted by Gasteiger charge is 2.05. The van der Waals surface area contributed by atoms with Crippen LogP contribution in [0.1, 0.15) is 16.7 Å². The van der Waals surface area contributed by atoms with E-state index in [1.54, 1.807) is 73.6 Å². The summed E-state index contributed by atoms with van der Waals surface area (Å²) >= 11 is 1.55. The number of nitrogens with zero attached hydrogens (tertiary/aromatic N) is 1. The minimum Gasteiger partial charge on any atom is -0.497 e. The monoisotopic (exact) mass is 477 g/mol. The van der Waals surface area contributed by atoms with Crippen LogP contribution in [0.3, 0.4) is 0 Å². The van der Waals surface area contributed by atoms with Gasteiger partial charge in [-0.15, -0.1) is 11.8 Å². The van der Waals surface area contributed by atoms with E-state index in [0.717, 1.165) is 17.1 Å². The second kappa shape index (κ2) is 13.1. The second-order valence-electron chi connectivity index (χ2n) is 7.35. The van der Waals surface area contributed by atoms with Crippen LogP contribution < -0.4 is 20.2 Å². The van der Waals surface area contributed by atoms with Crippen LogP contribution in [0.15, 0.2) is 77.9 Å². The molecular formula is C26H27N3O4S. The highest BCUT2D eigenvalue weighted by atomic mass is 32.2. The highest BCUT2D eigenvalue weighted by molar-refractivity contribution is 7.99. The van der Waals surface area contributed by atoms with E-state index in [0.29, 0.717) is 17.2 Å². The van der Waals surface area contributed by atoms with Crippen LogP contribution in [0.5, 0.6) is 11.5 Å². The Morgan fingerprint density at radius 2 is 1.65 bits per heavy atom. The number of anilines is 1. The minimum atomic E-state index is -0.265. The Morgan fingerprint density at radius 3 is 2.35 bits per heavy atom. The molecule has 0 bridgehead atoms. The van der Waals surface area contributed by atoms with Crippen molar-refractivity contribution >= 4 is 35.5 Å². The van der Waals surface area contributed by atoms with Gasteiger partial charge in [0.2, 0.25) is 5.91 Å². The summed E-state index contributed by atoms with van der Waals surface area (Å²) in [5, 5.41) is 6.75. The quantitative estimate of drug-likeness (QED) is 0.316. The van der Waals surface area contributed by atoms with E-state index in [4.69, 9.17) is 9.47 Å². The molecule has 0 fully saturated rings. The number of hydrazone groups is 1. The largest absolute Gasteiger partial charge is 0.497 e. The summed E-state index contributed by atoms with van der Waals surface area (Å²) < 4.78 is 10.6. The number of ether oxygens (including phenoxy) is 2. The van der Waals surface area contributed by atoms with Gasteiger partial charge in [-0.05, 0) is 72.1 Å². The Hall–Kier alpha value is -3.78. The third-order valence-corrected chi connectivity index (χ3v) is 5.76. The zero-order valence-electron chi connectivity index (χ0n) is 19.1. The van der Waals surface area contributed by atoms with Crippen LogP contribution in [0, 0.1) is 6.92 Å². The standard InChI is InChI=1S/C26H27N3O4S/c1-19-5-3-4-6-21(19)17-34-18-26(31)29-27-15-20-7-11-24(12-8-20)33-16-25(30)28-22-9-13-23(32-2)14-10-22/h3-15H,16-18H2,1-2H3,(H,28,30)(H,29,31)/b27-15+. The number of methoxy groups -OCH3 is 1. The summed E-state index contributed by atoms with van der Waals surface area (Å²) in [7, 11) is 1.59. The maximum atomic E-state index is 12.1. The molecule has 0 saturated heterocycles. The third-order valence-electron chi connectivity index (χ3n) is 4.78. The number of carbonyl (C=O) groups excluding carboxylic acids is 2. The van der Waals surface area contributed by atoms with E-state index >= 15 is 0 Å². The van der Waals surface area contributed by atoms with Gasteiger partial charge in [0, 0.05) is 11.4 Å². The van der Waals surface area contributed by atoms with E-state index < -0.39 is 0 Å². The first-order chi connectivity index (χ1) is 16.5. The molecule has 0 aliphatic carbocycles. The third kappa shape index (κ3) is 8.29. The zero-order valence-corrected chi connectivity index (χ0v) is 19.9. The van der Waals surface area contributed by atoms with Crippen molar-refractivity contribution in [2.75, 3.05) is 24.8 Å². The van der Waals surface area contributed by atoms with Gasteiger partial charge in [-0.1, -0.05) is 24.3 Å². The molecule has 0 atom stereocenters. The molecule has 176 valence electrons. The molecule has 2 N–H and O–H groups in total. The van der Waals surface area contributed by atoms with Gasteiger partial charge in [0.1, 0.15) is 11.5 Å². The number of amides is 2. The van der Waals surface area contributed by atoms with Gasteiger partial charge in [-0.25, -0.2) is 5.43 Å². The molecule has 7 nitrogen and oxygen atoms in total. The van der Waals surface area contributed by atoms with Crippen LogP contribution >= 0.6 is 11.8 Å². The van der Waals surface area contributed by atoms with Crippen LogP contribution in [-0.2, 0) is 15.3 Å². The first kappa shape index (κ1) is 24.9. The zero-order chi connectivity index (χ0) is 24.2. The molecule has 0 aliphatic rings. The predicted octanol–water partition coefficient (Wildman–Crippen LogP) is 4.40. The summed E-state index contributed by atoms with van der Waals surface area (Å²) in [5.41, 5.74) is 6.44. The molecular weight excluding hydrogens is 450 g/mol. The normalized spacial score (nSPS) is 10.6. The van der Waals surface area contributed by atoms with E-state index in [1.807, 2.05) is 12.1 Å². The fraction of sp³-hybridized carbons (Fsp3) is 0.192. The topological polar surface area (TPSA) is 89.0 Å². The molecule has 0 spiro atoms. The predicted molar refractivity (Wildman–Crippen MR) is 137 cm³/mol. The van der Waals surface area contributed by atoms with Gasteiger partial charge in [0.15, 0.2) is 6.61 Å². The molecule has 0 saturated carbocycles. The van der Waals surface area contributed by atoms with Crippen molar-refractivity contribution in [3.05, 3.63) is 89.5 Å². The van der Waals surface area contributed by atoms with Crippen molar-refractivity contribution in [1.82, 2.24) is 5.43 Å². The van der Waals surface area contributed by atoms with Gasteiger partial charge in [-0.3, -0.25) is 9.59 Å². The number of carbonyl (C=O) groups is 2. The molecule has 3 rings (SSSR count). The Balaban J connectivity index is 1.36. The number of aryl methyl sites for hydroxylation is 1. The van der Waals surface area contributed by atoms with Crippen molar-refractivity contribution in [2.45, 2.75) is 12.7 Å². The van der Waals surface area contributed by atoms with E-state index in [-0.39, 0.29) is 18.4 Å². The summed E-state index contributed by atoms with van der Waals surface area (Å²) in [6.45, 7) is 1.95. The first-order valence-corrected chi connectivity index (χ1v) is 11.8. The molecule has 0 heterocycles. The minimum absolute atomic E-state index is 0.115. The Kier molecular flexibility index (Phi) is 9.54. The van der Waals surface area contributed by atoms with Gasteiger partial charge in [0.05, 0.1) is 19.1 Å². The molecule has 3 aromatic rings. The SMILES string of the molecule is COc1ccc(NC(=O)COc2ccc(/C=N/NC(=O)CSCc3ccccc3C)cc2)cc1. The van der Waals surface area contributed by atoms with Gasteiger partial charge in [-0.2, -0.15) is 5.10 Å². The van der Waals surface area contributed by atoms with Crippen LogP contribution in [0.4, 0.5) is 5.69 Å². The summed E-state index contributed by atoms with van der Waals surface area (Å²) in [5.74, 6) is 1.96. The Morgan fingerprint density at radius 1 is 0.941 bits per heavy atom. The van der Waals surface area contributed by atoms with E-state index in [1.165, 1.54) is 11.1 Å². The number of hydrogen-bond donors (Lipinski definition) is 2. The maximum absolute atomic E-state index is 12.1. The first-order valence-electron chi connectivity index (χ1n) is 10.6. The van der Waals surface area contributed by atoms with Crippen molar-refractivity contribution in [2.24, 2.45) is 5.10 Å². The van der Waals surface area contributed by atoms with Crippen LogP contribution in [-0.4, -0.2) is 37.5 Å². The van der Waals surface area contributed by atoms with E-state index in [2.05, 4.69) is 34.9 Å². The fourth-order valence-corrected chi connectivity index (χ4v) is 3.80. The van der Waals surface area contributed by atoms with Crippen molar-refractivity contribution in [3.63, 3.8) is 0 Å². The molecule has 0 aromatic heterocycles. The second-order valence-corrected chi connectivity index (χ2v) is 8.33. The smallest absolute Gasteiger partial charge is 0.262 e. The lowest BCUT2D eigenvalue weighted by Gasteiger charge is -2.08. The average Bonchev–Trinajstić information content (AvgIpc) is 2.85. The van der Waals surface area contributed by atoms with Crippen molar-refractivity contribution in [3.8, 4) is 11.5 Å². The lowest BCUT2D eigenvalue weighted by atomic mass is 10.1. The number of nitrogens with one attached hydrogen (secondary N) is 2. The number of benzene rings is 3. The molecule has 34 heavy (non-hydrogen) atoms. The number of thioether (sulfide) groups is 1. The average molecular weight is 478 g/mol. The molecule has 0 unspecified atom stereocenters. The Bertz CT molecular complexity index is 1120. The number of rotatable bonds is 11. The van der Waals surface area contributed by atoms with Crippen LogP contribution in [0.25, 0.3) is 0 Å². The van der Waals surface area contributed by atoms with Crippen LogP contribution in [0.2, 0.25) is 0 Å². The van der Waals surface area contributed by atoms with Gasteiger partial charge >= 0.3 is 0 Å². The van der Waals surface area contributed by atoms with Gasteiger partial charge in [0.25, 0.3) is 5.91 Å². The molecule has 8 heteroatoms. The fourth-order valence-electron chi connectivity index (χ4n) is 2.91. The van der Waals surface area contributed by atoms with E-state index in [9.17, 15) is 9.59 Å². The molecule has 0 aliphatic heterocycles. The Labute approximate surface area is 203 Å². The molecule has 2 amide bonds. The lowest BCUT2D eigenvalue weighted by molar-refractivity contribution is -0.119. The maximum Gasteiger partial charge on any atom is 0.262 e. The number of hydrogen-bond acceptors (Lipinski definition) is 6. The van der Waals surface area contributed by atoms with Crippen molar-refractivity contribution < 1.29 is 19.1 Å². The molecule has 0 radical (unpaired) electrons. The van der Waals surface area contributed by atoms with Gasteiger partial charge < -0.3 is 14.8 Å². The highest BCUT2D eigenvalue weighted by Crippen LogP contribution is 2.16. The summed E-state index contributed by atoms with van der Waals surface area (Å²) in [6.07, 6.45) is 1.56. The summed E-state index contributed by atoms with van der Waals surface area (Å²) in [6, 6.07) is 22.2. The van der Waals surface area contributed by atoms with Crippen molar-refractivity contribution in [1.29, 1.82) is 0 Å². The summed E-state index contributed by atoms with van der Waals surface area (Å²) in [4.78, 5) is 24.0. The molecule has 3 aromatic carbocycles. The lowest BCUT2D eigenvalue weighted by Crippen LogP contribution is -2.20.